The van der Waals surface area contributed by atoms with Crippen LogP contribution in [0.4, 0.5) is 0 Å². The van der Waals surface area contributed by atoms with Gasteiger partial charge in [-0.15, -0.1) is 0 Å². The zero-order valence-electron chi connectivity index (χ0n) is 34.4. The number of aromatic nitrogens is 4. The van der Waals surface area contributed by atoms with Crippen molar-refractivity contribution >= 4 is 77.2 Å². The molecule has 3 heterocycles. The van der Waals surface area contributed by atoms with Crippen molar-refractivity contribution in [3.8, 4) is 45.3 Å². The van der Waals surface area contributed by atoms with Crippen LogP contribution < -0.4 is 10.6 Å². The van der Waals surface area contributed by atoms with E-state index in [2.05, 4.69) is 229 Å². The van der Waals surface area contributed by atoms with Crippen molar-refractivity contribution in [1.82, 2.24) is 19.1 Å². The van der Waals surface area contributed by atoms with Crippen LogP contribution in [0, 0.1) is 0 Å². The molecule has 12 aromatic rings. The van der Waals surface area contributed by atoms with Crippen molar-refractivity contribution in [3.63, 3.8) is 0 Å². The summed E-state index contributed by atoms with van der Waals surface area (Å²) in [5, 5.41) is 13.1. The first-order valence-electron chi connectivity index (χ1n) is 21.3. The predicted octanol–water partition coefficient (Wildman–Crippen LogP) is 13.6. The molecular weight excluding hydrogens is 753 g/mol. The van der Waals surface area contributed by atoms with Crippen LogP contribution in [-0.2, 0) is 0 Å². The van der Waals surface area contributed by atoms with Crippen molar-refractivity contribution in [1.29, 1.82) is 0 Å². The van der Waals surface area contributed by atoms with E-state index in [0.717, 1.165) is 60.7 Å². The molecule has 12 rings (SSSR count). The zero-order valence-corrected chi connectivity index (χ0v) is 34.4. The van der Waals surface area contributed by atoms with Crippen LogP contribution >= 0.6 is 0 Å². The number of rotatable bonds is 5. The molecule has 0 atom stereocenters. The van der Waals surface area contributed by atoms with Crippen molar-refractivity contribution in [2.45, 2.75) is 13.8 Å². The second-order valence-corrected chi connectivity index (χ2v) is 16.0. The quantitative estimate of drug-likeness (QED) is 0.174. The Hall–Kier alpha value is -8.08. The minimum atomic E-state index is 0.639. The molecule has 0 bridgehead atoms. The van der Waals surface area contributed by atoms with Gasteiger partial charge in [0.25, 0.3) is 0 Å². The summed E-state index contributed by atoms with van der Waals surface area (Å²) in [6.07, 6.45) is 4.49. The highest BCUT2D eigenvalue weighted by atomic mass is 15.2. The molecule has 3 aromatic heterocycles. The first-order valence-corrected chi connectivity index (χ1v) is 21.3. The molecule has 0 saturated carbocycles. The highest BCUT2D eigenvalue weighted by Gasteiger charge is 2.20. The van der Waals surface area contributed by atoms with E-state index in [9.17, 15) is 0 Å². The van der Waals surface area contributed by atoms with E-state index in [1.165, 1.54) is 54.3 Å². The fraction of sp³-hybridized carbons (Fsp3) is 0.0345. The number of fused-ring (bicyclic) bond motifs is 7. The molecule has 0 unspecified atom stereocenters. The number of benzene rings is 9. The fourth-order valence-electron chi connectivity index (χ4n) is 9.84. The van der Waals surface area contributed by atoms with E-state index in [0.29, 0.717) is 5.95 Å². The molecular formula is C58H40N4. The molecule has 0 aliphatic rings. The van der Waals surface area contributed by atoms with Crippen LogP contribution in [0.5, 0.6) is 0 Å². The second kappa shape index (κ2) is 14.3. The van der Waals surface area contributed by atoms with Gasteiger partial charge in [0.2, 0.25) is 5.95 Å². The summed E-state index contributed by atoms with van der Waals surface area (Å²) in [6.45, 7) is 4.28. The standard InChI is InChI=1S/C58H40N4/c1-3-42-49-34-40(30-32-56(49)61(53(42)4-2)54-29-15-21-39-18-7-10-24-45(39)54)41-31-33-57-50(35-41)48-25-11-12-28-55(48)62(57)58-59-51(46-26-13-19-37-16-5-8-22-43(37)46)36-52(60-58)47-27-14-20-38-17-6-9-23-44(38)47/h3-36H,1-2H3. The van der Waals surface area contributed by atoms with Gasteiger partial charge in [0.1, 0.15) is 0 Å². The minimum Gasteiger partial charge on any atom is -0.309 e. The normalized spacial score (nSPS) is 12.5. The maximum atomic E-state index is 5.44. The van der Waals surface area contributed by atoms with Crippen molar-refractivity contribution < 1.29 is 0 Å². The molecule has 0 aliphatic carbocycles. The topological polar surface area (TPSA) is 35.6 Å². The summed E-state index contributed by atoms with van der Waals surface area (Å²) in [5.74, 6) is 0.639. The van der Waals surface area contributed by atoms with Gasteiger partial charge < -0.3 is 4.57 Å². The van der Waals surface area contributed by atoms with Gasteiger partial charge >= 0.3 is 0 Å². The lowest BCUT2D eigenvalue weighted by Crippen LogP contribution is -2.27. The van der Waals surface area contributed by atoms with Gasteiger partial charge in [-0.3, -0.25) is 4.57 Å². The Kier molecular flexibility index (Phi) is 8.26. The van der Waals surface area contributed by atoms with Crippen molar-refractivity contribution in [3.05, 3.63) is 205 Å². The van der Waals surface area contributed by atoms with Crippen LogP contribution in [0.2, 0.25) is 0 Å². The summed E-state index contributed by atoms with van der Waals surface area (Å²) in [4.78, 5) is 10.9. The lowest BCUT2D eigenvalue weighted by molar-refractivity contribution is 0.997. The third-order valence-corrected chi connectivity index (χ3v) is 12.7. The molecule has 9 aromatic carbocycles. The number of nitrogens with zero attached hydrogens (tertiary/aromatic N) is 4. The van der Waals surface area contributed by atoms with Crippen LogP contribution in [0.15, 0.2) is 194 Å². The van der Waals surface area contributed by atoms with Gasteiger partial charge in [-0.25, -0.2) is 9.97 Å². The van der Waals surface area contributed by atoms with Crippen molar-refractivity contribution in [2.75, 3.05) is 0 Å². The Bertz CT molecular complexity index is 3790. The van der Waals surface area contributed by atoms with Gasteiger partial charge in [0.05, 0.1) is 33.6 Å². The maximum Gasteiger partial charge on any atom is 0.235 e. The van der Waals surface area contributed by atoms with Crippen molar-refractivity contribution in [2.24, 2.45) is 0 Å². The van der Waals surface area contributed by atoms with Crippen LogP contribution in [-0.4, -0.2) is 19.1 Å². The van der Waals surface area contributed by atoms with Crippen LogP contribution in [0.25, 0.3) is 122 Å². The van der Waals surface area contributed by atoms with E-state index in [4.69, 9.17) is 9.97 Å². The third kappa shape index (κ3) is 5.54. The summed E-state index contributed by atoms with van der Waals surface area (Å²) in [6, 6.07) is 69.8. The Morgan fingerprint density at radius 3 is 1.47 bits per heavy atom. The molecule has 0 N–H and O–H groups in total. The Morgan fingerprint density at radius 2 is 0.855 bits per heavy atom. The van der Waals surface area contributed by atoms with Crippen LogP contribution in [0.3, 0.4) is 0 Å². The number of hydrogen-bond donors (Lipinski definition) is 0. The molecule has 0 fully saturated rings. The van der Waals surface area contributed by atoms with E-state index in [1.807, 2.05) is 0 Å². The first-order chi connectivity index (χ1) is 30.7. The van der Waals surface area contributed by atoms with Gasteiger partial charge in [0.15, 0.2) is 0 Å². The van der Waals surface area contributed by atoms with Gasteiger partial charge in [-0.2, -0.15) is 0 Å². The lowest BCUT2D eigenvalue weighted by atomic mass is 9.99. The third-order valence-electron chi connectivity index (χ3n) is 12.7. The maximum absolute atomic E-state index is 5.44. The SMILES string of the molecule is CC=c1c(=CC)n(-c2cccc3ccccc23)c2ccc(-c3ccc4c(c3)c3ccccc3n4-c3nc(-c4cccc5ccccc45)cc(-c4cccc5ccccc45)n3)cc12. The largest absolute Gasteiger partial charge is 0.309 e. The Balaban J connectivity index is 1.07. The summed E-state index contributed by atoms with van der Waals surface area (Å²) < 4.78 is 4.67. The predicted molar refractivity (Wildman–Crippen MR) is 262 cm³/mol. The summed E-state index contributed by atoms with van der Waals surface area (Å²) in [7, 11) is 0. The van der Waals surface area contributed by atoms with Gasteiger partial charge in [-0.05, 0) is 94.4 Å². The molecule has 0 spiro atoms. The molecule has 62 heavy (non-hydrogen) atoms. The van der Waals surface area contributed by atoms with E-state index in [-0.39, 0.29) is 0 Å². The average Bonchev–Trinajstić information content (AvgIpc) is 3.84. The number of para-hydroxylation sites is 1. The zero-order chi connectivity index (χ0) is 41.3. The molecule has 0 saturated heterocycles. The Labute approximate surface area is 358 Å². The first kappa shape index (κ1) is 35.8. The van der Waals surface area contributed by atoms with Crippen LogP contribution in [0.1, 0.15) is 13.8 Å². The smallest absolute Gasteiger partial charge is 0.235 e. The lowest BCUT2D eigenvalue weighted by Gasteiger charge is -2.14. The van der Waals surface area contributed by atoms with E-state index in [1.54, 1.807) is 0 Å². The fourth-order valence-corrected chi connectivity index (χ4v) is 9.84. The minimum absolute atomic E-state index is 0.639. The second-order valence-electron chi connectivity index (χ2n) is 16.0. The summed E-state index contributed by atoms with van der Waals surface area (Å²) >= 11 is 0. The monoisotopic (exact) mass is 792 g/mol. The highest BCUT2D eigenvalue weighted by molar-refractivity contribution is 6.11. The molecule has 0 amide bonds. The molecule has 4 nitrogen and oxygen atoms in total. The average molecular weight is 793 g/mol. The number of hydrogen-bond acceptors (Lipinski definition) is 2. The van der Waals surface area contributed by atoms with E-state index < -0.39 is 0 Å². The molecule has 4 heteroatoms. The Morgan fingerprint density at radius 1 is 0.371 bits per heavy atom. The molecule has 292 valence electrons. The highest BCUT2D eigenvalue weighted by Crippen LogP contribution is 2.38. The van der Waals surface area contributed by atoms with Gasteiger partial charge in [0, 0.05) is 43.2 Å². The summed E-state index contributed by atoms with van der Waals surface area (Å²) in [5.41, 5.74) is 10.7. The molecule has 0 radical (unpaired) electrons. The van der Waals surface area contributed by atoms with Gasteiger partial charge in [-0.1, -0.05) is 164 Å². The molecule has 0 aliphatic heterocycles. The van der Waals surface area contributed by atoms with E-state index >= 15 is 0 Å².